The Morgan fingerprint density at radius 3 is 3.00 bits per heavy atom. The Balaban J connectivity index is 2.04. The van der Waals surface area contributed by atoms with Crippen LogP contribution in [0.2, 0.25) is 0 Å². The molecule has 0 radical (unpaired) electrons. The summed E-state index contributed by atoms with van der Waals surface area (Å²) in [5.74, 6) is -0.657. The number of rotatable bonds is 4. The molecule has 6 heteroatoms. The molecule has 0 spiro atoms. The highest BCUT2D eigenvalue weighted by Crippen LogP contribution is 2.30. The normalized spacial score (nSPS) is 18.1. The molecule has 0 bridgehead atoms. The molecule has 0 amide bonds. The van der Waals surface area contributed by atoms with E-state index in [0.717, 1.165) is 6.54 Å². The Labute approximate surface area is 80.2 Å². The van der Waals surface area contributed by atoms with E-state index < -0.39 is 12.1 Å². The van der Waals surface area contributed by atoms with Crippen LogP contribution in [-0.4, -0.2) is 31.2 Å². The van der Waals surface area contributed by atoms with Crippen LogP contribution in [0.4, 0.5) is 0 Å². The Morgan fingerprint density at radius 2 is 2.43 bits per heavy atom. The van der Waals surface area contributed by atoms with Gasteiger partial charge in [-0.3, -0.25) is 4.68 Å². The quantitative estimate of drug-likeness (QED) is 0.698. The molecule has 76 valence electrons. The number of aliphatic hydroxyl groups excluding tert-OH is 1. The van der Waals surface area contributed by atoms with Gasteiger partial charge < -0.3 is 10.2 Å². The molecular weight excluding hydrogens is 186 g/mol. The minimum Gasteiger partial charge on any atom is -0.479 e. The highest BCUT2D eigenvalue weighted by Gasteiger charge is 2.24. The summed E-state index contributed by atoms with van der Waals surface area (Å²) in [6, 6.07) is 0. The summed E-state index contributed by atoms with van der Waals surface area (Å²) < 4.78 is 1.58. The molecule has 14 heavy (non-hydrogen) atoms. The molecule has 2 N–H and O–H groups in total. The van der Waals surface area contributed by atoms with E-state index in [1.807, 2.05) is 0 Å². The van der Waals surface area contributed by atoms with Crippen LogP contribution in [-0.2, 0) is 11.3 Å². The van der Waals surface area contributed by atoms with E-state index in [0.29, 0.717) is 5.92 Å². The van der Waals surface area contributed by atoms with Gasteiger partial charge in [-0.2, -0.15) is 0 Å². The molecular formula is C8H11N3O3. The van der Waals surface area contributed by atoms with Crippen molar-refractivity contribution in [1.82, 2.24) is 15.0 Å². The number of nitrogens with zero attached hydrogens (tertiary/aromatic N) is 3. The zero-order valence-electron chi connectivity index (χ0n) is 7.50. The number of aromatic nitrogens is 3. The Kier molecular flexibility index (Phi) is 2.20. The summed E-state index contributed by atoms with van der Waals surface area (Å²) in [6.07, 6.45) is 2.30. The van der Waals surface area contributed by atoms with Gasteiger partial charge in [0.15, 0.2) is 6.10 Å². The first-order valence-corrected chi connectivity index (χ1v) is 4.47. The van der Waals surface area contributed by atoms with Gasteiger partial charge in [0.1, 0.15) is 5.69 Å². The van der Waals surface area contributed by atoms with Crippen molar-refractivity contribution in [3.8, 4) is 0 Å². The van der Waals surface area contributed by atoms with E-state index in [1.165, 1.54) is 19.0 Å². The van der Waals surface area contributed by atoms with Gasteiger partial charge in [-0.25, -0.2) is 4.79 Å². The SMILES string of the molecule is O=C(O)C(O)c1cn(CC2CC2)nn1. The lowest BCUT2D eigenvalue weighted by atomic mass is 10.3. The van der Waals surface area contributed by atoms with E-state index in [2.05, 4.69) is 10.3 Å². The molecule has 1 aromatic heterocycles. The van der Waals surface area contributed by atoms with Crippen molar-refractivity contribution in [2.75, 3.05) is 0 Å². The average molecular weight is 197 g/mol. The fourth-order valence-electron chi connectivity index (χ4n) is 1.22. The van der Waals surface area contributed by atoms with Crippen LogP contribution in [0.1, 0.15) is 24.6 Å². The Bertz CT molecular complexity index is 345. The maximum Gasteiger partial charge on any atom is 0.339 e. The lowest BCUT2D eigenvalue weighted by Crippen LogP contribution is -2.10. The minimum atomic E-state index is -1.57. The maximum absolute atomic E-state index is 10.4. The minimum absolute atomic E-state index is 0.0955. The monoisotopic (exact) mass is 197 g/mol. The molecule has 1 aliphatic carbocycles. The second-order valence-corrected chi connectivity index (χ2v) is 3.55. The van der Waals surface area contributed by atoms with E-state index in [1.54, 1.807) is 4.68 Å². The van der Waals surface area contributed by atoms with Crippen LogP contribution in [0.15, 0.2) is 6.20 Å². The standard InChI is InChI=1S/C8H11N3O3/c12-7(8(13)14)6-4-11(10-9-6)3-5-1-2-5/h4-5,7,12H,1-3H2,(H,13,14). The molecule has 1 fully saturated rings. The predicted octanol–water partition coefficient (Wildman–Crippen LogP) is -0.194. The number of aliphatic carboxylic acids is 1. The first-order valence-electron chi connectivity index (χ1n) is 4.47. The van der Waals surface area contributed by atoms with Crippen LogP contribution in [0, 0.1) is 5.92 Å². The molecule has 0 aromatic carbocycles. The Morgan fingerprint density at radius 1 is 1.71 bits per heavy atom. The molecule has 1 aliphatic rings. The fourth-order valence-corrected chi connectivity index (χ4v) is 1.22. The molecule has 1 heterocycles. The Hall–Kier alpha value is -1.43. The topological polar surface area (TPSA) is 88.2 Å². The van der Waals surface area contributed by atoms with Crippen molar-refractivity contribution >= 4 is 5.97 Å². The summed E-state index contributed by atoms with van der Waals surface area (Å²) in [5, 5.41) is 25.0. The fraction of sp³-hybridized carbons (Fsp3) is 0.625. The zero-order valence-corrected chi connectivity index (χ0v) is 7.50. The summed E-state index contributed by atoms with van der Waals surface area (Å²) in [7, 11) is 0. The molecule has 2 rings (SSSR count). The van der Waals surface area contributed by atoms with Gasteiger partial charge in [0.25, 0.3) is 0 Å². The summed E-state index contributed by atoms with van der Waals surface area (Å²) in [6.45, 7) is 0.763. The van der Waals surface area contributed by atoms with E-state index in [4.69, 9.17) is 10.2 Å². The van der Waals surface area contributed by atoms with Crippen molar-refractivity contribution in [2.45, 2.75) is 25.5 Å². The predicted molar refractivity (Wildman–Crippen MR) is 45.3 cm³/mol. The largest absolute Gasteiger partial charge is 0.479 e. The highest BCUT2D eigenvalue weighted by molar-refractivity contribution is 5.73. The third kappa shape index (κ3) is 1.90. The summed E-state index contributed by atoms with van der Waals surface area (Å²) >= 11 is 0. The van der Waals surface area contributed by atoms with Gasteiger partial charge in [0.05, 0.1) is 6.20 Å². The second kappa shape index (κ2) is 3.38. The van der Waals surface area contributed by atoms with Gasteiger partial charge in [0.2, 0.25) is 0 Å². The first kappa shape index (κ1) is 9.14. The van der Waals surface area contributed by atoms with Crippen LogP contribution in [0.25, 0.3) is 0 Å². The van der Waals surface area contributed by atoms with E-state index in [-0.39, 0.29) is 5.69 Å². The number of hydrogen-bond donors (Lipinski definition) is 2. The van der Waals surface area contributed by atoms with Crippen LogP contribution in [0.3, 0.4) is 0 Å². The molecule has 1 saturated carbocycles. The zero-order chi connectivity index (χ0) is 10.1. The first-order chi connectivity index (χ1) is 6.66. The van der Waals surface area contributed by atoms with Crippen molar-refractivity contribution < 1.29 is 15.0 Å². The molecule has 0 saturated heterocycles. The molecule has 6 nitrogen and oxygen atoms in total. The molecule has 0 aliphatic heterocycles. The molecule has 1 unspecified atom stereocenters. The van der Waals surface area contributed by atoms with E-state index in [9.17, 15) is 4.79 Å². The van der Waals surface area contributed by atoms with Gasteiger partial charge in [-0.15, -0.1) is 5.10 Å². The second-order valence-electron chi connectivity index (χ2n) is 3.55. The number of carbonyl (C=O) groups is 1. The lowest BCUT2D eigenvalue weighted by Gasteiger charge is -1.98. The third-order valence-corrected chi connectivity index (χ3v) is 2.21. The number of carboxylic acids is 1. The van der Waals surface area contributed by atoms with Crippen molar-refractivity contribution in [3.05, 3.63) is 11.9 Å². The smallest absolute Gasteiger partial charge is 0.339 e. The van der Waals surface area contributed by atoms with Crippen molar-refractivity contribution in [2.24, 2.45) is 5.92 Å². The van der Waals surface area contributed by atoms with Gasteiger partial charge in [-0.05, 0) is 18.8 Å². The number of hydrogen-bond acceptors (Lipinski definition) is 4. The maximum atomic E-state index is 10.4. The van der Waals surface area contributed by atoms with Gasteiger partial charge in [0, 0.05) is 6.54 Å². The highest BCUT2D eigenvalue weighted by atomic mass is 16.4. The average Bonchev–Trinajstić information content (AvgIpc) is 2.81. The number of carboxylic acid groups (broad SMARTS) is 1. The lowest BCUT2D eigenvalue weighted by molar-refractivity contribution is -0.147. The van der Waals surface area contributed by atoms with Crippen LogP contribution in [0.5, 0.6) is 0 Å². The summed E-state index contributed by atoms with van der Waals surface area (Å²) in [5.41, 5.74) is 0.0955. The third-order valence-electron chi connectivity index (χ3n) is 2.21. The van der Waals surface area contributed by atoms with Crippen molar-refractivity contribution in [3.63, 3.8) is 0 Å². The van der Waals surface area contributed by atoms with Crippen LogP contribution >= 0.6 is 0 Å². The van der Waals surface area contributed by atoms with Crippen molar-refractivity contribution in [1.29, 1.82) is 0 Å². The van der Waals surface area contributed by atoms with Gasteiger partial charge in [-0.1, -0.05) is 5.21 Å². The van der Waals surface area contributed by atoms with Gasteiger partial charge >= 0.3 is 5.97 Å². The van der Waals surface area contributed by atoms with Crippen LogP contribution < -0.4 is 0 Å². The van der Waals surface area contributed by atoms with E-state index >= 15 is 0 Å². The summed E-state index contributed by atoms with van der Waals surface area (Å²) in [4.78, 5) is 10.4. The molecule has 1 aromatic rings. The number of aliphatic hydroxyl groups is 1. The molecule has 1 atom stereocenters.